The maximum atomic E-state index is 12.8. The Hall–Kier alpha value is -3.56. The fourth-order valence-corrected chi connectivity index (χ4v) is 5.10. The number of nitrogens with zero attached hydrogens (tertiary/aromatic N) is 1. The Morgan fingerprint density at radius 2 is 1.80 bits per heavy atom. The summed E-state index contributed by atoms with van der Waals surface area (Å²) in [6.07, 6.45) is 0. The molecule has 0 fully saturated rings. The lowest BCUT2D eigenvalue weighted by molar-refractivity contribution is -0.115. The van der Waals surface area contributed by atoms with Gasteiger partial charge in [-0.05, 0) is 74.5 Å². The number of benzene rings is 3. The molecular formula is C26H25N3O4S2. The highest BCUT2D eigenvalue weighted by Gasteiger charge is 2.17. The van der Waals surface area contributed by atoms with Crippen LogP contribution in [0, 0.1) is 0 Å². The van der Waals surface area contributed by atoms with Crippen molar-refractivity contribution in [1.29, 1.82) is 0 Å². The number of thioether (sulfide) groups is 1. The van der Waals surface area contributed by atoms with Crippen LogP contribution in [0.2, 0.25) is 0 Å². The van der Waals surface area contributed by atoms with E-state index in [1.165, 1.54) is 23.1 Å². The molecule has 0 bridgehead atoms. The summed E-state index contributed by atoms with van der Waals surface area (Å²) in [4.78, 5) is 30.7. The SMILES string of the molecule is CCOc1ccc2nc(NC(=O)C(C)Sc3cccc(NC(=O)c4ccc(OC)cc4)c3)sc2c1. The quantitative estimate of drug-likeness (QED) is 0.267. The Morgan fingerprint density at radius 1 is 1.03 bits per heavy atom. The molecule has 35 heavy (non-hydrogen) atoms. The average molecular weight is 508 g/mol. The molecule has 7 nitrogen and oxygen atoms in total. The Morgan fingerprint density at radius 3 is 2.54 bits per heavy atom. The van der Waals surface area contributed by atoms with Gasteiger partial charge in [0.2, 0.25) is 5.91 Å². The Kier molecular flexibility index (Phi) is 7.89. The molecule has 0 aliphatic rings. The summed E-state index contributed by atoms with van der Waals surface area (Å²) in [6.45, 7) is 4.37. The van der Waals surface area contributed by atoms with E-state index in [9.17, 15) is 9.59 Å². The van der Waals surface area contributed by atoms with Crippen LogP contribution >= 0.6 is 23.1 Å². The number of nitrogens with one attached hydrogen (secondary N) is 2. The van der Waals surface area contributed by atoms with Crippen molar-refractivity contribution in [2.75, 3.05) is 24.4 Å². The lowest BCUT2D eigenvalue weighted by atomic mass is 10.2. The van der Waals surface area contributed by atoms with Crippen LogP contribution in [0.4, 0.5) is 10.8 Å². The van der Waals surface area contributed by atoms with Gasteiger partial charge >= 0.3 is 0 Å². The third-order valence-electron chi connectivity index (χ3n) is 5.03. The topological polar surface area (TPSA) is 89.5 Å². The molecule has 2 N–H and O–H groups in total. The van der Waals surface area contributed by atoms with Crippen molar-refractivity contribution >= 4 is 55.9 Å². The molecule has 180 valence electrons. The van der Waals surface area contributed by atoms with Crippen molar-refractivity contribution in [1.82, 2.24) is 4.98 Å². The van der Waals surface area contributed by atoms with Crippen LogP contribution in [-0.4, -0.2) is 35.8 Å². The van der Waals surface area contributed by atoms with E-state index >= 15 is 0 Å². The van der Waals surface area contributed by atoms with E-state index in [1.54, 1.807) is 31.4 Å². The minimum Gasteiger partial charge on any atom is -0.497 e. The van der Waals surface area contributed by atoms with Crippen molar-refractivity contribution in [3.05, 3.63) is 72.3 Å². The number of carbonyl (C=O) groups is 2. The molecule has 0 spiro atoms. The minimum atomic E-state index is -0.367. The summed E-state index contributed by atoms with van der Waals surface area (Å²) < 4.78 is 11.6. The minimum absolute atomic E-state index is 0.147. The number of hydrogen-bond donors (Lipinski definition) is 2. The van der Waals surface area contributed by atoms with Gasteiger partial charge in [-0.3, -0.25) is 9.59 Å². The molecule has 1 unspecified atom stereocenters. The average Bonchev–Trinajstić information content (AvgIpc) is 3.26. The molecule has 0 radical (unpaired) electrons. The zero-order valence-electron chi connectivity index (χ0n) is 19.5. The highest BCUT2D eigenvalue weighted by Crippen LogP contribution is 2.31. The summed E-state index contributed by atoms with van der Waals surface area (Å²) in [5.74, 6) is 1.11. The number of methoxy groups -OCH3 is 1. The predicted molar refractivity (Wildman–Crippen MR) is 142 cm³/mol. The number of anilines is 2. The number of aromatic nitrogens is 1. The van der Waals surface area contributed by atoms with Crippen LogP contribution < -0.4 is 20.1 Å². The molecule has 4 aromatic rings. The van der Waals surface area contributed by atoms with Crippen molar-refractivity contribution in [2.45, 2.75) is 24.0 Å². The van der Waals surface area contributed by atoms with Crippen LogP contribution in [0.25, 0.3) is 10.2 Å². The molecule has 0 saturated heterocycles. The van der Waals surface area contributed by atoms with Gasteiger partial charge in [-0.15, -0.1) is 11.8 Å². The van der Waals surface area contributed by atoms with E-state index < -0.39 is 0 Å². The van der Waals surface area contributed by atoms with Crippen molar-refractivity contribution in [3.63, 3.8) is 0 Å². The molecule has 9 heteroatoms. The van der Waals surface area contributed by atoms with Gasteiger partial charge in [0.05, 0.1) is 29.2 Å². The smallest absolute Gasteiger partial charge is 0.255 e. The van der Waals surface area contributed by atoms with Gasteiger partial charge in [0, 0.05) is 16.1 Å². The summed E-state index contributed by atoms with van der Waals surface area (Å²) in [5.41, 5.74) is 2.00. The highest BCUT2D eigenvalue weighted by molar-refractivity contribution is 8.00. The third kappa shape index (κ3) is 6.32. The second kappa shape index (κ2) is 11.2. The van der Waals surface area contributed by atoms with Crippen molar-refractivity contribution in [2.24, 2.45) is 0 Å². The molecule has 1 heterocycles. The van der Waals surface area contributed by atoms with E-state index in [0.29, 0.717) is 28.7 Å². The zero-order chi connectivity index (χ0) is 24.8. The molecule has 2 amide bonds. The second-order valence-electron chi connectivity index (χ2n) is 7.54. The normalized spacial score (nSPS) is 11.6. The number of thiazole rings is 1. The molecule has 0 aliphatic carbocycles. The van der Waals surface area contributed by atoms with E-state index in [2.05, 4.69) is 15.6 Å². The van der Waals surface area contributed by atoms with Gasteiger partial charge in [0.15, 0.2) is 5.13 Å². The fraction of sp³-hybridized carbons (Fsp3) is 0.192. The van der Waals surface area contributed by atoms with Crippen LogP contribution in [-0.2, 0) is 4.79 Å². The number of amides is 2. The number of carbonyl (C=O) groups excluding carboxylic acids is 2. The van der Waals surface area contributed by atoms with Crippen molar-refractivity contribution < 1.29 is 19.1 Å². The number of rotatable bonds is 9. The first kappa shape index (κ1) is 24.6. The maximum absolute atomic E-state index is 12.8. The molecule has 1 atom stereocenters. The summed E-state index contributed by atoms with van der Waals surface area (Å²) in [5, 5.41) is 5.98. The van der Waals surface area contributed by atoms with Crippen LogP contribution in [0.1, 0.15) is 24.2 Å². The fourth-order valence-electron chi connectivity index (χ4n) is 3.27. The Balaban J connectivity index is 1.37. The number of fused-ring (bicyclic) bond motifs is 1. The van der Waals surface area contributed by atoms with Gasteiger partial charge in [0.25, 0.3) is 5.91 Å². The maximum Gasteiger partial charge on any atom is 0.255 e. The number of ether oxygens (including phenoxy) is 2. The zero-order valence-corrected chi connectivity index (χ0v) is 21.2. The summed E-state index contributed by atoms with van der Waals surface area (Å²) in [6, 6.07) is 20.0. The van der Waals surface area contributed by atoms with Gasteiger partial charge < -0.3 is 20.1 Å². The first-order chi connectivity index (χ1) is 16.9. The van der Waals surface area contributed by atoms with Crippen LogP contribution in [0.15, 0.2) is 71.6 Å². The molecule has 0 saturated carbocycles. The Labute approximate surface area is 211 Å². The number of hydrogen-bond acceptors (Lipinski definition) is 7. The standard InChI is InChI=1S/C26H25N3O4S2/c1-4-33-20-12-13-22-23(15-20)35-26(28-22)29-24(30)16(2)34-21-7-5-6-18(14-21)27-25(31)17-8-10-19(32-3)11-9-17/h5-16H,4H2,1-3H3,(H,27,31)(H,28,29,30). The first-order valence-electron chi connectivity index (χ1n) is 11.0. The van der Waals surface area contributed by atoms with Gasteiger partial charge in [0.1, 0.15) is 11.5 Å². The van der Waals surface area contributed by atoms with E-state index in [4.69, 9.17) is 9.47 Å². The molecule has 1 aromatic heterocycles. The van der Waals surface area contributed by atoms with E-state index in [-0.39, 0.29) is 17.1 Å². The monoisotopic (exact) mass is 507 g/mol. The van der Waals surface area contributed by atoms with Gasteiger partial charge in [-0.2, -0.15) is 0 Å². The first-order valence-corrected chi connectivity index (χ1v) is 12.7. The summed E-state index contributed by atoms with van der Waals surface area (Å²) >= 11 is 2.82. The van der Waals surface area contributed by atoms with Crippen molar-refractivity contribution in [3.8, 4) is 11.5 Å². The van der Waals surface area contributed by atoms with Crippen LogP contribution in [0.3, 0.4) is 0 Å². The third-order valence-corrected chi connectivity index (χ3v) is 7.05. The Bertz CT molecular complexity index is 1340. The largest absolute Gasteiger partial charge is 0.497 e. The second-order valence-corrected chi connectivity index (χ2v) is 9.99. The lowest BCUT2D eigenvalue weighted by Crippen LogP contribution is -2.22. The lowest BCUT2D eigenvalue weighted by Gasteiger charge is -2.12. The summed E-state index contributed by atoms with van der Waals surface area (Å²) in [7, 11) is 1.58. The van der Waals surface area contributed by atoms with Crippen LogP contribution in [0.5, 0.6) is 11.5 Å². The molecule has 4 rings (SSSR count). The highest BCUT2D eigenvalue weighted by atomic mass is 32.2. The van der Waals surface area contributed by atoms with E-state index in [0.717, 1.165) is 20.9 Å². The van der Waals surface area contributed by atoms with Gasteiger partial charge in [-0.1, -0.05) is 17.4 Å². The molecular weight excluding hydrogens is 482 g/mol. The molecule has 0 aliphatic heterocycles. The van der Waals surface area contributed by atoms with Gasteiger partial charge in [-0.25, -0.2) is 4.98 Å². The molecule has 3 aromatic carbocycles. The van der Waals surface area contributed by atoms with E-state index in [1.807, 2.05) is 56.3 Å². The predicted octanol–water partition coefficient (Wildman–Crippen LogP) is 6.08.